The Balaban J connectivity index is 0.00000225. The number of carbonyl (C=O) groups excluding carboxylic acids is 2. The quantitative estimate of drug-likeness (QED) is 0.681. The number of carbonyl (C=O) groups is 2. The third kappa shape index (κ3) is 8.02. The van der Waals surface area contributed by atoms with Crippen molar-refractivity contribution >= 4 is 42.3 Å². The lowest BCUT2D eigenvalue weighted by Crippen LogP contribution is -2.50. The van der Waals surface area contributed by atoms with E-state index >= 15 is 0 Å². The standard InChI is InChI=1S/C21H31FN4O2.2ClH/c1-16(17-3-2-8-23-14-17)13-21(28)26-11-9-25(10-12-26)15-20(27)24-19-6-4-18(22)5-7-19;;/h4-7,16-17,23H,2-3,8-15H2,1H3,(H,24,27);2*1H. The molecule has 30 heavy (non-hydrogen) atoms. The topological polar surface area (TPSA) is 64.7 Å². The molecule has 2 fully saturated rings. The summed E-state index contributed by atoms with van der Waals surface area (Å²) in [5.74, 6) is 0.778. The number of hydrogen-bond acceptors (Lipinski definition) is 4. The van der Waals surface area contributed by atoms with Gasteiger partial charge in [-0.05, 0) is 62.0 Å². The maximum absolute atomic E-state index is 12.9. The van der Waals surface area contributed by atoms with E-state index in [0.717, 1.165) is 13.1 Å². The Morgan fingerprint density at radius 1 is 1.17 bits per heavy atom. The molecule has 1 aromatic rings. The smallest absolute Gasteiger partial charge is 0.238 e. The highest BCUT2D eigenvalue weighted by atomic mass is 35.5. The van der Waals surface area contributed by atoms with Gasteiger partial charge in [0.1, 0.15) is 5.82 Å². The summed E-state index contributed by atoms with van der Waals surface area (Å²) in [5, 5.41) is 6.20. The van der Waals surface area contributed by atoms with Gasteiger partial charge >= 0.3 is 0 Å². The largest absolute Gasteiger partial charge is 0.340 e. The number of hydrogen-bond donors (Lipinski definition) is 2. The first-order valence-corrected chi connectivity index (χ1v) is 10.3. The summed E-state index contributed by atoms with van der Waals surface area (Å²) in [5.41, 5.74) is 0.589. The average molecular weight is 463 g/mol. The fourth-order valence-corrected chi connectivity index (χ4v) is 4.03. The summed E-state index contributed by atoms with van der Waals surface area (Å²) in [4.78, 5) is 28.8. The van der Waals surface area contributed by atoms with Gasteiger partial charge in [0.25, 0.3) is 0 Å². The summed E-state index contributed by atoms with van der Waals surface area (Å²) in [6, 6.07) is 5.74. The molecule has 0 radical (unpaired) electrons. The van der Waals surface area contributed by atoms with Crippen molar-refractivity contribution in [2.75, 3.05) is 51.1 Å². The Hall–Kier alpha value is -1.41. The number of piperidine rings is 1. The van der Waals surface area contributed by atoms with Crippen LogP contribution in [0.1, 0.15) is 26.2 Å². The second-order valence-electron chi connectivity index (χ2n) is 8.00. The number of nitrogens with one attached hydrogen (secondary N) is 2. The minimum absolute atomic E-state index is 0. The summed E-state index contributed by atoms with van der Waals surface area (Å²) in [7, 11) is 0. The van der Waals surface area contributed by atoms with Crippen LogP contribution >= 0.6 is 24.8 Å². The fourth-order valence-electron chi connectivity index (χ4n) is 4.03. The van der Waals surface area contributed by atoms with Crippen molar-refractivity contribution in [1.29, 1.82) is 0 Å². The Labute approximate surface area is 190 Å². The maximum Gasteiger partial charge on any atom is 0.238 e. The summed E-state index contributed by atoms with van der Waals surface area (Å²) in [6.07, 6.45) is 3.01. The molecule has 2 aliphatic heterocycles. The molecule has 0 saturated carbocycles. The van der Waals surface area contributed by atoms with Crippen LogP contribution in [0.15, 0.2) is 24.3 Å². The molecule has 2 amide bonds. The van der Waals surface area contributed by atoms with Crippen molar-refractivity contribution in [3.63, 3.8) is 0 Å². The third-order valence-corrected chi connectivity index (χ3v) is 5.86. The number of nitrogens with zero attached hydrogens (tertiary/aromatic N) is 2. The molecule has 2 saturated heterocycles. The van der Waals surface area contributed by atoms with E-state index < -0.39 is 0 Å². The molecule has 0 aromatic heterocycles. The van der Waals surface area contributed by atoms with Crippen LogP contribution in [0.25, 0.3) is 0 Å². The van der Waals surface area contributed by atoms with Crippen LogP contribution < -0.4 is 10.6 Å². The van der Waals surface area contributed by atoms with Gasteiger partial charge in [-0.2, -0.15) is 0 Å². The van der Waals surface area contributed by atoms with Gasteiger partial charge in [0, 0.05) is 38.3 Å². The first-order chi connectivity index (χ1) is 13.5. The number of benzene rings is 1. The predicted molar refractivity (Wildman–Crippen MR) is 122 cm³/mol. The van der Waals surface area contributed by atoms with Crippen LogP contribution in [-0.4, -0.2) is 67.4 Å². The molecule has 2 aliphatic rings. The number of halogens is 3. The molecule has 0 bridgehead atoms. The molecule has 2 heterocycles. The minimum atomic E-state index is -0.326. The normalized spacial score (nSPS) is 20.5. The highest BCUT2D eigenvalue weighted by Crippen LogP contribution is 2.23. The Kier molecular flexibility index (Phi) is 11.6. The Morgan fingerprint density at radius 3 is 2.43 bits per heavy atom. The molecular formula is C21H33Cl2FN4O2. The van der Waals surface area contributed by atoms with E-state index in [1.807, 2.05) is 4.90 Å². The van der Waals surface area contributed by atoms with Gasteiger partial charge in [0.2, 0.25) is 11.8 Å². The molecule has 0 aliphatic carbocycles. The molecule has 6 nitrogen and oxygen atoms in total. The average Bonchev–Trinajstić information content (AvgIpc) is 2.71. The molecular weight excluding hydrogens is 430 g/mol. The van der Waals surface area contributed by atoms with Crippen molar-refractivity contribution < 1.29 is 14.0 Å². The van der Waals surface area contributed by atoms with E-state index in [0.29, 0.717) is 50.1 Å². The zero-order valence-corrected chi connectivity index (χ0v) is 19.1. The molecule has 0 spiro atoms. The lowest BCUT2D eigenvalue weighted by atomic mass is 9.85. The fraction of sp³-hybridized carbons (Fsp3) is 0.619. The maximum atomic E-state index is 12.9. The first kappa shape index (κ1) is 26.6. The SMILES string of the molecule is CC(CC(=O)N1CCN(CC(=O)Nc2ccc(F)cc2)CC1)C1CCCNC1.Cl.Cl. The van der Waals surface area contributed by atoms with Crippen molar-refractivity contribution in [1.82, 2.24) is 15.1 Å². The van der Waals surface area contributed by atoms with Crippen LogP contribution in [-0.2, 0) is 9.59 Å². The zero-order valence-electron chi connectivity index (χ0n) is 17.4. The van der Waals surface area contributed by atoms with E-state index in [-0.39, 0.29) is 49.0 Å². The lowest BCUT2D eigenvalue weighted by molar-refractivity contribution is -0.134. The van der Waals surface area contributed by atoms with Crippen LogP contribution in [0, 0.1) is 17.7 Å². The highest BCUT2D eigenvalue weighted by Gasteiger charge is 2.27. The molecule has 2 N–H and O–H groups in total. The highest BCUT2D eigenvalue weighted by molar-refractivity contribution is 5.92. The minimum Gasteiger partial charge on any atom is -0.340 e. The zero-order chi connectivity index (χ0) is 19.9. The van der Waals surface area contributed by atoms with Gasteiger partial charge in [0.05, 0.1) is 6.54 Å². The summed E-state index contributed by atoms with van der Waals surface area (Å²) >= 11 is 0. The Bertz CT molecular complexity index is 663. The molecule has 2 atom stereocenters. The monoisotopic (exact) mass is 462 g/mol. The molecule has 3 rings (SSSR count). The van der Waals surface area contributed by atoms with Crippen molar-refractivity contribution in [3.8, 4) is 0 Å². The second kappa shape index (κ2) is 13.1. The predicted octanol–water partition coefficient (Wildman–Crippen LogP) is 2.78. The van der Waals surface area contributed by atoms with Crippen molar-refractivity contribution in [2.24, 2.45) is 11.8 Å². The van der Waals surface area contributed by atoms with Crippen LogP contribution in [0.2, 0.25) is 0 Å². The van der Waals surface area contributed by atoms with E-state index in [9.17, 15) is 14.0 Å². The molecule has 2 unspecified atom stereocenters. The molecule has 1 aromatic carbocycles. The van der Waals surface area contributed by atoms with Crippen LogP contribution in [0.3, 0.4) is 0 Å². The number of rotatable bonds is 6. The molecule has 9 heteroatoms. The number of anilines is 1. The summed E-state index contributed by atoms with van der Waals surface area (Å²) in [6.45, 7) is 7.30. The second-order valence-corrected chi connectivity index (χ2v) is 8.00. The lowest BCUT2D eigenvalue weighted by Gasteiger charge is -2.36. The van der Waals surface area contributed by atoms with E-state index in [2.05, 4.69) is 22.5 Å². The van der Waals surface area contributed by atoms with E-state index in [1.54, 1.807) is 12.1 Å². The van der Waals surface area contributed by atoms with Crippen LogP contribution in [0.4, 0.5) is 10.1 Å². The van der Waals surface area contributed by atoms with Gasteiger partial charge in [-0.1, -0.05) is 6.92 Å². The van der Waals surface area contributed by atoms with Gasteiger partial charge in [-0.25, -0.2) is 4.39 Å². The van der Waals surface area contributed by atoms with E-state index in [4.69, 9.17) is 0 Å². The Morgan fingerprint density at radius 2 is 1.83 bits per heavy atom. The first-order valence-electron chi connectivity index (χ1n) is 10.3. The van der Waals surface area contributed by atoms with Gasteiger partial charge < -0.3 is 15.5 Å². The van der Waals surface area contributed by atoms with Crippen molar-refractivity contribution in [3.05, 3.63) is 30.1 Å². The van der Waals surface area contributed by atoms with Gasteiger partial charge in [-0.3, -0.25) is 14.5 Å². The third-order valence-electron chi connectivity index (χ3n) is 5.86. The number of amides is 2. The number of piperazine rings is 1. The summed E-state index contributed by atoms with van der Waals surface area (Å²) < 4.78 is 12.9. The van der Waals surface area contributed by atoms with Gasteiger partial charge in [0.15, 0.2) is 0 Å². The van der Waals surface area contributed by atoms with Crippen molar-refractivity contribution in [2.45, 2.75) is 26.2 Å². The molecule has 170 valence electrons. The van der Waals surface area contributed by atoms with Crippen LogP contribution in [0.5, 0.6) is 0 Å². The van der Waals surface area contributed by atoms with Gasteiger partial charge in [-0.15, -0.1) is 24.8 Å². The van der Waals surface area contributed by atoms with E-state index in [1.165, 1.54) is 25.0 Å².